The van der Waals surface area contributed by atoms with E-state index in [2.05, 4.69) is 25.4 Å². The van der Waals surface area contributed by atoms with Gasteiger partial charge in [0.25, 0.3) is 0 Å². The zero-order valence-electron chi connectivity index (χ0n) is 6.30. The van der Waals surface area contributed by atoms with Crippen molar-refractivity contribution in [2.75, 3.05) is 6.54 Å². The highest BCUT2D eigenvalue weighted by Gasteiger charge is 1.85. The summed E-state index contributed by atoms with van der Waals surface area (Å²) < 4.78 is 0. The highest BCUT2D eigenvalue weighted by Crippen LogP contribution is 1.94. The second-order valence-corrected chi connectivity index (χ2v) is 2.47. The third kappa shape index (κ3) is 7.41. The molecule has 0 spiro atoms. The minimum atomic E-state index is 0.721. The number of nitrogens with zero attached hydrogens (tertiary/aromatic N) is 1. The molecule has 0 amide bonds. The van der Waals surface area contributed by atoms with Gasteiger partial charge < -0.3 is 0 Å². The van der Waals surface area contributed by atoms with Gasteiger partial charge >= 0.3 is 0 Å². The van der Waals surface area contributed by atoms with Crippen LogP contribution in [-0.4, -0.2) is 12.8 Å². The summed E-state index contributed by atoms with van der Waals surface area (Å²) >= 11 is 0. The first kappa shape index (κ1) is 8.41. The Hall–Kier alpha value is -0.590. The maximum atomic E-state index is 4.09. The van der Waals surface area contributed by atoms with Crippen molar-refractivity contribution < 1.29 is 0 Å². The lowest BCUT2D eigenvalue weighted by atomic mass is 10.2. The lowest BCUT2D eigenvalue weighted by Gasteiger charge is -1.94. The van der Waals surface area contributed by atoms with Gasteiger partial charge in [-0.2, -0.15) is 0 Å². The summed E-state index contributed by atoms with van der Waals surface area (Å²) in [6.45, 7) is 8.68. The topological polar surface area (TPSA) is 12.4 Å². The smallest absolute Gasteiger partial charge is 0.0563 e. The van der Waals surface area contributed by atoms with Gasteiger partial charge in [-0.15, -0.1) is 6.58 Å². The number of hydrogen-bond acceptors (Lipinski definition) is 1. The van der Waals surface area contributed by atoms with Crippen molar-refractivity contribution >= 4 is 6.21 Å². The van der Waals surface area contributed by atoms with Crippen LogP contribution in [0.5, 0.6) is 0 Å². The van der Waals surface area contributed by atoms with E-state index in [1.54, 1.807) is 6.08 Å². The summed E-state index contributed by atoms with van der Waals surface area (Å²) in [6, 6.07) is 0. The molecule has 0 rings (SSSR count). The molecule has 0 aliphatic rings. The lowest BCUT2D eigenvalue weighted by molar-refractivity contribution is 0.690. The molecule has 0 aliphatic heterocycles. The van der Waals surface area contributed by atoms with Gasteiger partial charge in [0.2, 0.25) is 0 Å². The molecule has 0 aromatic rings. The van der Waals surface area contributed by atoms with E-state index in [4.69, 9.17) is 0 Å². The van der Waals surface area contributed by atoms with Crippen LogP contribution in [0.25, 0.3) is 0 Å². The fourth-order valence-corrected chi connectivity index (χ4v) is 0.434. The number of rotatable bonds is 4. The molecular weight excluding hydrogens is 110 g/mol. The number of aliphatic imine (C=N–C) groups is 1. The Bertz CT molecular complexity index is 92.7. The molecule has 9 heavy (non-hydrogen) atoms. The van der Waals surface area contributed by atoms with Crippen LogP contribution in [0.3, 0.4) is 0 Å². The molecule has 0 atom stereocenters. The Morgan fingerprint density at radius 2 is 2.22 bits per heavy atom. The Morgan fingerprint density at radius 1 is 1.56 bits per heavy atom. The van der Waals surface area contributed by atoms with Crippen LogP contribution in [0.2, 0.25) is 0 Å². The minimum absolute atomic E-state index is 0.721. The Kier molecular flexibility index (Phi) is 5.18. The van der Waals surface area contributed by atoms with E-state index in [-0.39, 0.29) is 0 Å². The Labute approximate surface area is 57.5 Å². The molecule has 0 aliphatic carbocycles. The van der Waals surface area contributed by atoms with Crippen LogP contribution >= 0.6 is 0 Å². The summed E-state index contributed by atoms with van der Waals surface area (Å²) in [4.78, 5) is 4.09. The van der Waals surface area contributed by atoms with Crippen LogP contribution in [0, 0.1) is 5.92 Å². The second kappa shape index (κ2) is 5.54. The molecule has 0 N–H and O–H groups in total. The van der Waals surface area contributed by atoms with Gasteiger partial charge in [0.05, 0.1) is 6.54 Å². The van der Waals surface area contributed by atoms with Gasteiger partial charge in [-0.25, -0.2) is 0 Å². The molecule has 0 fully saturated rings. The van der Waals surface area contributed by atoms with Crippen molar-refractivity contribution in [3.8, 4) is 0 Å². The Morgan fingerprint density at radius 3 is 2.67 bits per heavy atom. The van der Waals surface area contributed by atoms with E-state index < -0.39 is 0 Å². The molecule has 1 nitrogen and oxygen atoms in total. The molecule has 1 heteroatoms. The van der Waals surface area contributed by atoms with Crippen molar-refractivity contribution in [3.63, 3.8) is 0 Å². The minimum Gasteiger partial charge on any atom is -0.293 e. The normalized spacial score (nSPS) is 11.0. The van der Waals surface area contributed by atoms with Gasteiger partial charge in [0.1, 0.15) is 0 Å². The molecule has 0 saturated carbocycles. The van der Waals surface area contributed by atoms with E-state index >= 15 is 0 Å². The van der Waals surface area contributed by atoms with Crippen molar-refractivity contribution in [2.45, 2.75) is 20.3 Å². The maximum Gasteiger partial charge on any atom is 0.0563 e. The highest BCUT2D eigenvalue weighted by atomic mass is 14.7. The standard InChI is InChI=1S/C8H15N/c1-4-6-9-7-5-8(2)3/h4,7-8H,1,5-6H2,2-3H3. The molecule has 0 radical (unpaired) electrons. The molecule has 0 heterocycles. The zero-order chi connectivity index (χ0) is 7.11. The average Bonchev–Trinajstić information content (AvgIpc) is 1.80. The van der Waals surface area contributed by atoms with E-state index in [0.717, 1.165) is 18.9 Å². The van der Waals surface area contributed by atoms with Gasteiger partial charge in [0, 0.05) is 0 Å². The molecule has 0 aromatic carbocycles. The molecule has 0 unspecified atom stereocenters. The van der Waals surface area contributed by atoms with Crippen molar-refractivity contribution in [3.05, 3.63) is 12.7 Å². The van der Waals surface area contributed by atoms with E-state index in [1.165, 1.54) is 0 Å². The molecule has 52 valence electrons. The van der Waals surface area contributed by atoms with E-state index in [0.29, 0.717) is 0 Å². The predicted molar refractivity (Wildman–Crippen MR) is 43.0 cm³/mol. The van der Waals surface area contributed by atoms with Gasteiger partial charge in [-0.05, 0) is 18.6 Å². The van der Waals surface area contributed by atoms with Crippen LogP contribution < -0.4 is 0 Å². The zero-order valence-corrected chi connectivity index (χ0v) is 6.30. The Balaban J connectivity index is 3.14. The fourth-order valence-electron chi connectivity index (χ4n) is 0.434. The first-order valence-corrected chi connectivity index (χ1v) is 3.36. The molecular formula is C8H15N. The van der Waals surface area contributed by atoms with Crippen LogP contribution in [0.15, 0.2) is 17.6 Å². The first-order valence-electron chi connectivity index (χ1n) is 3.36. The largest absolute Gasteiger partial charge is 0.293 e. The summed E-state index contributed by atoms with van der Waals surface area (Å²) in [5.74, 6) is 0.721. The van der Waals surface area contributed by atoms with Crippen molar-refractivity contribution in [1.29, 1.82) is 0 Å². The van der Waals surface area contributed by atoms with E-state index in [1.807, 2.05) is 6.21 Å². The van der Waals surface area contributed by atoms with Crippen molar-refractivity contribution in [2.24, 2.45) is 10.9 Å². The summed E-state index contributed by atoms with van der Waals surface area (Å²) in [6.07, 6.45) is 4.84. The third-order valence-electron chi connectivity index (χ3n) is 0.940. The monoisotopic (exact) mass is 125 g/mol. The molecule has 0 saturated heterocycles. The van der Waals surface area contributed by atoms with Crippen LogP contribution in [0.4, 0.5) is 0 Å². The fraction of sp³-hybridized carbons (Fsp3) is 0.625. The SMILES string of the molecule is C=CCN=CCC(C)C. The van der Waals surface area contributed by atoms with Crippen LogP contribution in [-0.2, 0) is 0 Å². The third-order valence-corrected chi connectivity index (χ3v) is 0.940. The summed E-state index contributed by atoms with van der Waals surface area (Å²) in [5, 5.41) is 0. The average molecular weight is 125 g/mol. The summed E-state index contributed by atoms with van der Waals surface area (Å²) in [5.41, 5.74) is 0. The first-order chi connectivity index (χ1) is 4.27. The van der Waals surface area contributed by atoms with Gasteiger partial charge in [0.15, 0.2) is 0 Å². The highest BCUT2D eigenvalue weighted by molar-refractivity contribution is 5.57. The van der Waals surface area contributed by atoms with Crippen LogP contribution in [0.1, 0.15) is 20.3 Å². The second-order valence-electron chi connectivity index (χ2n) is 2.47. The predicted octanol–water partition coefficient (Wildman–Crippen LogP) is 2.29. The van der Waals surface area contributed by atoms with Crippen molar-refractivity contribution in [1.82, 2.24) is 0 Å². The summed E-state index contributed by atoms with van der Waals surface area (Å²) in [7, 11) is 0. The molecule has 0 bridgehead atoms. The molecule has 0 aromatic heterocycles. The number of hydrogen-bond donors (Lipinski definition) is 0. The van der Waals surface area contributed by atoms with E-state index in [9.17, 15) is 0 Å². The van der Waals surface area contributed by atoms with Gasteiger partial charge in [-0.1, -0.05) is 19.9 Å². The quantitative estimate of drug-likeness (QED) is 0.404. The maximum absolute atomic E-state index is 4.09. The lowest BCUT2D eigenvalue weighted by Crippen LogP contribution is -1.87. The van der Waals surface area contributed by atoms with Gasteiger partial charge in [-0.3, -0.25) is 4.99 Å².